The zero-order valence-corrected chi connectivity index (χ0v) is 13.1. The molecule has 2 amide bonds. The molecule has 2 aromatic heterocycles. The Hall–Kier alpha value is -2.54. The third-order valence-corrected chi connectivity index (χ3v) is 3.11. The lowest BCUT2D eigenvalue weighted by atomic mass is 10.3. The van der Waals surface area contributed by atoms with Crippen LogP contribution in [0, 0.1) is 0 Å². The van der Waals surface area contributed by atoms with Crippen LogP contribution in [0.2, 0.25) is 0 Å². The quantitative estimate of drug-likeness (QED) is 0.677. The molecule has 0 radical (unpaired) electrons. The topological polar surface area (TPSA) is 87.7 Å². The first-order valence-corrected chi connectivity index (χ1v) is 7.42. The lowest BCUT2D eigenvalue weighted by Crippen LogP contribution is -2.39. The molecule has 124 valence electrons. The van der Waals surface area contributed by atoms with Crippen LogP contribution in [0.4, 0.5) is 0 Å². The molecule has 0 aliphatic heterocycles. The molecule has 0 aromatic carbocycles. The Morgan fingerprint density at radius 3 is 2.04 bits per heavy atom. The first-order valence-electron chi connectivity index (χ1n) is 7.42. The third-order valence-electron chi connectivity index (χ3n) is 3.11. The number of hydrogen-bond acceptors (Lipinski definition) is 5. The lowest BCUT2D eigenvalue weighted by molar-refractivity contribution is -0.123. The van der Waals surface area contributed by atoms with Crippen molar-refractivity contribution in [2.45, 2.75) is 20.0 Å². The predicted octanol–water partition coefficient (Wildman–Crippen LogP) is 1.13. The number of carbonyl (C=O) groups excluding carboxylic acids is 2. The van der Waals surface area contributed by atoms with Gasteiger partial charge in [-0.2, -0.15) is 0 Å². The summed E-state index contributed by atoms with van der Waals surface area (Å²) in [5.41, 5.74) is 0. The van der Waals surface area contributed by atoms with Crippen LogP contribution in [0.3, 0.4) is 0 Å². The molecule has 0 aliphatic rings. The fourth-order valence-corrected chi connectivity index (χ4v) is 2.11. The van der Waals surface area contributed by atoms with E-state index in [0.717, 1.165) is 11.5 Å². The van der Waals surface area contributed by atoms with E-state index in [9.17, 15) is 9.59 Å². The molecule has 0 saturated heterocycles. The molecule has 0 atom stereocenters. The number of hydrogen-bond donors (Lipinski definition) is 2. The second-order valence-corrected chi connectivity index (χ2v) is 5.14. The summed E-state index contributed by atoms with van der Waals surface area (Å²) in [5, 5.41) is 5.40. The zero-order valence-electron chi connectivity index (χ0n) is 13.1. The molecule has 2 rings (SSSR count). The van der Waals surface area contributed by atoms with Gasteiger partial charge in [-0.15, -0.1) is 0 Å². The number of amides is 2. The molecule has 0 fully saturated rings. The lowest BCUT2D eigenvalue weighted by Gasteiger charge is -2.19. The molecule has 7 heteroatoms. The van der Waals surface area contributed by atoms with Crippen LogP contribution < -0.4 is 10.6 Å². The SMILES string of the molecule is CC(=O)NCCNC(=O)CN(Cc1ccco1)Cc1ccco1. The van der Waals surface area contributed by atoms with Crippen LogP contribution in [-0.4, -0.2) is 36.3 Å². The van der Waals surface area contributed by atoms with Crippen LogP contribution in [0.25, 0.3) is 0 Å². The summed E-state index contributed by atoms with van der Waals surface area (Å²) in [6.07, 6.45) is 3.21. The number of furan rings is 2. The summed E-state index contributed by atoms with van der Waals surface area (Å²) in [7, 11) is 0. The van der Waals surface area contributed by atoms with E-state index >= 15 is 0 Å². The maximum absolute atomic E-state index is 12.0. The van der Waals surface area contributed by atoms with Crippen LogP contribution in [0.15, 0.2) is 45.6 Å². The van der Waals surface area contributed by atoms with Gasteiger partial charge in [-0.05, 0) is 24.3 Å². The van der Waals surface area contributed by atoms with E-state index in [2.05, 4.69) is 10.6 Å². The molecular weight excluding hydrogens is 298 g/mol. The number of rotatable bonds is 9. The zero-order chi connectivity index (χ0) is 16.5. The average molecular weight is 319 g/mol. The Kier molecular flexibility index (Phi) is 6.43. The Labute approximate surface area is 134 Å². The van der Waals surface area contributed by atoms with E-state index in [-0.39, 0.29) is 18.4 Å². The fraction of sp³-hybridized carbons (Fsp3) is 0.375. The number of carbonyl (C=O) groups is 2. The largest absolute Gasteiger partial charge is 0.468 e. The molecule has 0 spiro atoms. The van der Waals surface area contributed by atoms with Crippen molar-refractivity contribution in [1.82, 2.24) is 15.5 Å². The predicted molar refractivity (Wildman–Crippen MR) is 83.2 cm³/mol. The van der Waals surface area contributed by atoms with Gasteiger partial charge in [0.05, 0.1) is 32.2 Å². The van der Waals surface area contributed by atoms with Gasteiger partial charge in [-0.1, -0.05) is 0 Å². The molecule has 2 aromatic rings. The molecule has 0 bridgehead atoms. The van der Waals surface area contributed by atoms with E-state index in [1.54, 1.807) is 12.5 Å². The molecule has 0 unspecified atom stereocenters. The molecular formula is C16H21N3O4. The van der Waals surface area contributed by atoms with Crippen molar-refractivity contribution in [2.24, 2.45) is 0 Å². The molecule has 23 heavy (non-hydrogen) atoms. The van der Waals surface area contributed by atoms with Gasteiger partial charge in [0.25, 0.3) is 0 Å². The van der Waals surface area contributed by atoms with Gasteiger partial charge < -0.3 is 19.5 Å². The van der Waals surface area contributed by atoms with Crippen molar-refractivity contribution < 1.29 is 18.4 Å². The third kappa shape index (κ3) is 6.39. The van der Waals surface area contributed by atoms with E-state index in [4.69, 9.17) is 8.83 Å². The average Bonchev–Trinajstić information content (AvgIpc) is 3.17. The highest BCUT2D eigenvalue weighted by Crippen LogP contribution is 2.10. The smallest absolute Gasteiger partial charge is 0.234 e. The van der Waals surface area contributed by atoms with Crippen LogP contribution >= 0.6 is 0 Å². The fourth-order valence-electron chi connectivity index (χ4n) is 2.11. The molecule has 0 saturated carbocycles. The maximum atomic E-state index is 12.0. The molecule has 2 N–H and O–H groups in total. The van der Waals surface area contributed by atoms with Crippen molar-refractivity contribution >= 4 is 11.8 Å². The minimum absolute atomic E-state index is 0.114. The summed E-state index contributed by atoms with van der Waals surface area (Å²) in [4.78, 5) is 24.7. The van der Waals surface area contributed by atoms with Crippen LogP contribution in [0.1, 0.15) is 18.4 Å². The summed E-state index contributed by atoms with van der Waals surface area (Å²) < 4.78 is 10.7. The van der Waals surface area contributed by atoms with Gasteiger partial charge in [-0.25, -0.2) is 0 Å². The molecule has 0 aliphatic carbocycles. The highest BCUT2D eigenvalue weighted by Gasteiger charge is 2.14. The molecule has 7 nitrogen and oxygen atoms in total. The van der Waals surface area contributed by atoms with Crippen molar-refractivity contribution in [2.75, 3.05) is 19.6 Å². The number of nitrogens with one attached hydrogen (secondary N) is 2. The maximum Gasteiger partial charge on any atom is 0.234 e. The minimum Gasteiger partial charge on any atom is -0.468 e. The second kappa shape index (κ2) is 8.79. The summed E-state index contributed by atoms with van der Waals surface area (Å²) in [6, 6.07) is 7.36. The van der Waals surface area contributed by atoms with Gasteiger partial charge in [0, 0.05) is 20.0 Å². The minimum atomic E-state index is -0.117. The summed E-state index contributed by atoms with van der Waals surface area (Å²) >= 11 is 0. The first-order chi connectivity index (χ1) is 11.1. The first kappa shape index (κ1) is 16.8. The van der Waals surface area contributed by atoms with Crippen molar-refractivity contribution in [3.8, 4) is 0 Å². The Bertz CT molecular complexity index is 557. The van der Waals surface area contributed by atoms with Gasteiger partial charge in [0.2, 0.25) is 11.8 Å². The van der Waals surface area contributed by atoms with Gasteiger partial charge in [0.1, 0.15) is 11.5 Å². The Morgan fingerprint density at radius 2 is 1.57 bits per heavy atom. The van der Waals surface area contributed by atoms with E-state index in [1.807, 2.05) is 29.2 Å². The normalized spacial score (nSPS) is 10.7. The Balaban J connectivity index is 1.83. The highest BCUT2D eigenvalue weighted by atomic mass is 16.3. The monoisotopic (exact) mass is 319 g/mol. The number of nitrogens with zero attached hydrogens (tertiary/aromatic N) is 1. The highest BCUT2D eigenvalue weighted by molar-refractivity contribution is 5.78. The van der Waals surface area contributed by atoms with Crippen molar-refractivity contribution in [1.29, 1.82) is 0 Å². The van der Waals surface area contributed by atoms with E-state index < -0.39 is 0 Å². The Morgan fingerprint density at radius 1 is 1.00 bits per heavy atom. The van der Waals surface area contributed by atoms with Crippen LogP contribution in [0.5, 0.6) is 0 Å². The second-order valence-electron chi connectivity index (χ2n) is 5.14. The summed E-state index contributed by atoms with van der Waals surface area (Å²) in [6.45, 7) is 3.47. The molecule has 2 heterocycles. The standard InChI is InChI=1S/C16H21N3O4/c1-13(20)17-6-7-18-16(21)12-19(10-14-4-2-8-22-14)11-15-5-3-9-23-15/h2-5,8-9H,6-7,10-12H2,1H3,(H,17,20)(H,18,21). The summed E-state index contributed by atoms with van der Waals surface area (Å²) in [5.74, 6) is 1.33. The van der Waals surface area contributed by atoms with Gasteiger partial charge >= 0.3 is 0 Å². The van der Waals surface area contributed by atoms with Crippen molar-refractivity contribution in [3.63, 3.8) is 0 Å². The van der Waals surface area contributed by atoms with Crippen LogP contribution in [-0.2, 0) is 22.7 Å². The van der Waals surface area contributed by atoms with Gasteiger partial charge in [0.15, 0.2) is 0 Å². The van der Waals surface area contributed by atoms with E-state index in [1.165, 1.54) is 6.92 Å². The van der Waals surface area contributed by atoms with Gasteiger partial charge in [-0.3, -0.25) is 14.5 Å². The van der Waals surface area contributed by atoms with Crippen molar-refractivity contribution in [3.05, 3.63) is 48.3 Å². The van der Waals surface area contributed by atoms with E-state index in [0.29, 0.717) is 26.2 Å².